The van der Waals surface area contributed by atoms with E-state index in [2.05, 4.69) is 62.3 Å². The van der Waals surface area contributed by atoms with E-state index in [1.807, 2.05) is 13.8 Å². The van der Waals surface area contributed by atoms with Gasteiger partial charge in [-0.25, -0.2) is 0 Å². The Balaban J connectivity index is 0. The van der Waals surface area contributed by atoms with Gasteiger partial charge in [-0.1, -0.05) is 55.4 Å². The average Bonchev–Trinajstić information content (AvgIpc) is 2.60. The van der Waals surface area contributed by atoms with E-state index >= 15 is 0 Å². The molecule has 0 aliphatic rings. The third kappa shape index (κ3) is 19.1. The first-order chi connectivity index (χ1) is 14.9. The molecule has 0 aliphatic carbocycles. The molecule has 0 saturated carbocycles. The quantitative estimate of drug-likeness (QED) is 0.154. The summed E-state index contributed by atoms with van der Waals surface area (Å²) in [4.78, 5) is 10.4. The Morgan fingerprint density at radius 2 is 1.09 bits per heavy atom. The molecule has 0 aliphatic heterocycles. The van der Waals surface area contributed by atoms with Crippen LogP contribution in [-0.2, 0) is 19.0 Å². The molecule has 4 nitrogen and oxygen atoms in total. The van der Waals surface area contributed by atoms with Gasteiger partial charge in [0.2, 0.25) is 0 Å². The number of hydrogen-bond donors (Lipinski definition) is 0. The van der Waals surface area contributed by atoms with E-state index in [4.69, 9.17) is 14.2 Å². The van der Waals surface area contributed by atoms with Gasteiger partial charge in [0.25, 0.3) is 0 Å². The largest absolute Gasteiger partial charge is 0.375 e. The third-order valence-electron chi connectivity index (χ3n) is 5.29. The molecule has 0 unspecified atom stereocenters. The van der Waals surface area contributed by atoms with Gasteiger partial charge >= 0.3 is 0 Å². The second-order valence-electron chi connectivity index (χ2n) is 10.9. The molecular formula is C28H58O4. The van der Waals surface area contributed by atoms with Crippen LogP contribution < -0.4 is 0 Å². The predicted octanol–water partition coefficient (Wildman–Crippen LogP) is 7.93. The second-order valence-corrected chi connectivity index (χ2v) is 10.9. The van der Waals surface area contributed by atoms with Crippen molar-refractivity contribution in [2.75, 3.05) is 19.8 Å². The Bertz CT molecular complexity index is 392. The molecule has 0 aromatic carbocycles. The van der Waals surface area contributed by atoms with E-state index in [-0.39, 0.29) is 11.9 Å². The normalized spacial score (nSPS) is 12.4. The van der Waals surface area contributed by atoms with Crippen molar-refractivity contribution < 1.29 is 19.0 Å². The Morgan fingerprint density at radius 1 is 0.656 bits per heavy atom. The first-order valence-corrected chi connectivity index (χ1v) is 13.3. The number of hydrogen-bond acceptors (Lipinski definition) is 4. The lowest BCUT2D eigenvalue weighted by Gasteiger charge is -2.39. The number of rotatable bonds is 18. The maximum atomic E-state index is 10.4. The first-order valence-electron chi connectivity index (χ1n) is 13.3. The molecule has 0 fully saturated rings. The van der Waals surface area contributed by atoms with Crippen LogP contribution in [0.15, 0.2) is 0 Å². The molecular weight excluding hydrogens is 400 g/mol. The molecule has 0 radical (unpaired) electrons. The van der Waals surface area contributed by atoms with Gasteiger partial charge in [0.15, 0.2) is 6.29 Å². The van der Waals surface area contributed by atoms with Crippen LogP contribution in [0.1, 0.15) is 115 Å². The maximum absolute atomic E-state index is 10.4. The summed E-state index contributed by atoms with van der Waals surface area (Å²) in [5.41, 5.74) is -0.133. The number of carbonyl (C=O) groups excluding carboxylic acids is 1. The van der Waals surface area contributed by atoms with Crippen LogP contribution in [0.2, 0.25) is 0 Å². The molecule has 0 rings (SSSR count). The van der Waals surface area contributed by atoms with Gasteiger partial charge in [0.1, 0.15) is 6.29 Å². The Labute approximate surface area is 201 Å². The monoisotopic (exact) mass is 458 g/mol. The standard InChI is InChI=1S/C17H36O3.C11H22O/c1-8-18-16(19-9-2)13-17(20-10-3,11-14(4)5)12-15(6)7;1-9(2)7-11(5-6-12)8-10(3)4/h14-16H,8-13H2,1-7H3;6,9-11H,5,7-8H2,1-4H3. The summed E-state index contributed by atoms with van der Waals surface area (Å²) in [7, 11) is 0. The number of ether oxygens (including phenoxy) is 3. The van der Waals surface area contributed by atoms with E-state index < -0.39 is 0 Å². The van der Waals surface area contributed by atoms with E-state index in [0.717, 1.165) is 38.6 Å². The van der Waals surface area contributed by atoms with Gasteiger partial charge in [-0.3, -0.25) is 0 Å². The highest BCUT2D eigenvalue weighted by molar-refractivity contribution is 5.49. The molecule has 0 aromatic rings. The van der Waals surface area contributed by atoms with Crippen molar-refractivity contribution in [3.8, 4) is 0 Å². The third-order valence-corrected chi connectivity index (χ3v) is 5.29. The van der Waals surface area contributed by atoms with E-state index in [0.29, 0.717) is 42.8 Å². The van der Waals surface area contributed by atoms with Crippen LogP contribution in [0, 0.1) is 29.6 Å². The van der Waals surface area contributed by atoms with Crippen molar-refractivity contribution in [1.82, 2.24) is 0 Å². The summed E-state index contributed by atoms with van der Waals surface area (Å²) in [6.07, 6.45) is 6.96. The molecule has 0 N–H and O–H groups in total. The molecule has 0 aromatic heterocycles. The van der Waals surface area contributed by atoms with Crippen molar-refractivity contribution in [3.05, 3.63) is 0 Å². The second kappa shape index (κ2) is 20.0. The van der Waals surface area contributed by atoms with Crippen LogP contribution in [0.3, 0.4) is 0 Å². The molecule has 0 saturated heterocycles. The lowest BCUT2D eigenvalue weighted by molar-refractivity contribution is -0.186. The average molecular weight is 459 g/mol. The summed E-state index contributed by atoms with van der Waals surface area (Å²) in [5.74, 6) is 3.25. The van der Waals surface area contributed by atoms with Gasteiger partial charge < -0.3 is 19.0 Å². The van der Waals surface area contributed by atoms with Gasteiger partial charge in [-0.05, 0) is 76.0 Å². The Kier molecular flexibility index (Phi) is 21.0. The zero-order valence-corrected chi connectivity index (χ0v) is 23.5. The molecule has 0 spiro atoms. The van der Waals surface area contributed by atoms with Gasteiger partial charge in [0.05, 0.1) is 5.60 Å². The fourth-order valence-corrected chi connectivity index (χ4v) is 4.82. The molecule has 32 heavy (non-hydrogen) atoms. The molecule has 0 amide bonds. The van der Waals surface area contributed by atoms with Crippen molar-refractivity contribution in [3.63, 3.8) is 0 Å². The molecule has 0 bridgehead atoms. The van der Waals surface area contributed by atoms with Crippen molar-refractivity contribution in [2.24, 2.45) is 29.6 Å². The number of carbonyl (C=O) groups is 1. The highest BCUT2D eigenvalue weighted by Gasteiger charge is 2.36. The lowest BCUT2D eigenvalue weighted by Crippen LogP contribution is -2.41. The van der Waals surface area contributed by atoms with Gasteiger partial charge in [-0.2, -0.15) is 0 Å². The Morgan fingerprint density at radius 3 is 1.38 bits per heavy atom. The van der Waals surface area contributed by atoms with Crippen molar-refractivity contribution in [2.45, 2.75) is 127 Å². The van der Waals surface area contributed by atoms with E-state index in [1.54, 1.807) is 0 Å². The van der Waals surface area contributed by atoms with E-state index in [9.17, 15) is 4.79 Å². The topological polar surface area (TPSA) is 44.8 Å². The summed E-state index contributed by atoms with van der Waals surface area (Å²) in [6.45, 7) is 26.1. The Hall–Kier alpha value is -0.450. The van der Waals surface area contributed by atoms with E-state index in [1.165, 1.54) is 12.8 Å². The fraction of sp³-hybridized carbons (Fsp3) is 0.964. The van der Waals surface area contributed by atoms with Crippen molar-refractivity contribution in [1.29, 1.82) is 0 Å². The highest BCUT2D eigenvalue weighted by Crippen LogP contribution is 2.34. The predicted molar refractivity (Wildman–Crippen MR) is 138 cm³/mol. The number of aldehydes is 1. The first kappa shape index (κ1) is 33.7. The molecule has 194 valence electrons. The smallest absolute Gasteiger partial charge is 0.160 e. The molecule has 4 heteroatoms. The minimum Gasteiger partial charge on any atom is -0.375 e. The molecule has 0 heterocycles. The van der Waals surface area contributed by atoms with Crippen LogP contribution in [0.4, 0.5) is 0 Å². The minimum absolute atomic E-state index is 0.133. The van der Waals surface area contributed by atoms with Gasteiger partial charge in [0, 0.05) is 32.7 Å². The zero-order valence-electron chi connectivity index (χ0n) is 23.5. The lowest BCUT2D eigenvalue weighted by atomic mass is 9.82. The van der Waals surface area contributed by atoms with Gasteiger partial charge in [-0.15, -0.1) is 0 Å². The van der Waals surface area contributed by atoms with Crippen molar-refractivity contribution >= 4 is 6.29 Å². The summed E-state index contributed by atoms with van der Waals surface area (Å²) in [5, 5.41) is 0. The fourth-order valence-electron chi connectivity index (χ4n) is 4.82. The maximum Gasteiger partial charge on any atom is 0.160 e. The van der Waals surface area contributed by atoms with Crippen LogP contribution >= 0.6 is 0 Å². The highest BCUT2D eigenvalue weighted by atomic mass is 16.7. The summed E-state index contributed by atoms with van der Waals surface area (Å²) >= 11 is 0. The summed E-state index contributed by atoms with van der Waals surface area (Å²) < 4.78 is 17.7. The minimum atomic E-state index is -0.158. The van der Waals surface area contributed by atoms with Crippen LogP contribution in [0.25, 0.3) is 0 Å². The summed E-state index contributed by atoms with van der Waals surface area (Å²) in [6, 6.07) is 0. The van der Waals surface area contributed by atoms with Crippen LogP contribution in [-0.4, -0.2) is 38.0 Å². The molecule has 0 atom stereocenters. The van der Waals surface area contributed by atoms with Crippen LogP contribution in [0.5, 0.6) is 0 Å². The zero-order chi connectivity index (χ0) is 25.2. The SMILES string of the molecule is CC(C)CC(CC=O)CC(C)C.CCOC(CC(CC(C)C)(CC(C)C)OCC)OCC.